The van der Waals surface area contributed by atoms with Crippen LogP contribution < -0.4 is 9.47 Å². The lowest BCUT2D eigenvalue weighted by Crippen LogP contribution is -2.12. The summed E-state index contributed by atoms with van der Waals surface area (Å²) in [7, 11) is 0. The average Bonchev–Trinajstić information content (AvgIpc) is 2.31. The molecule has 0 aliphatic carbocycles. The van der Waals surface area contributed by atoms with Gasteiger partial charge in [0.25, 0.3) is 0 Å². The Kier molecular flexibility index (Phi) is 3.67. The molecule has 1 aromatic rings. The van der Waals surface area contributed by atoms with Crippen LogP contribution in [0.15, 0.2) is 17.1 Å². The molecule has 92 valence electrons. The molecule has 3 heteroatoms. The van der Waals surface area contributed by atoms with E-state index in [1.54, 1.807) is 0 Å². The molecule has 1 aliphatic rings. The normalized spacial score (nSPS) is 17.7. The second kappa shape index (κ2) is 5.21. The zero-order valence-corrected chi connectivity index (χ0v) is 10.7. The van der Waals surface area contributed by atoms with Crippen LogP contribution in [0.3, 0.4) is 0 Å². The quantitative estimate of drug-likeness (QED) is 0.800. The van der Waals surface area contributed by atoms with E-state index in [4.69, 9.17) is 9.47 Å². The van der Waals surface area contributed by atoms with Gasteiger partial charge >= 0.3 is 0 Å². The first-order chi connectivity index (χ1) is 8.24. The van der Waals surface area contributed by atoms with Crippen LogP contribution >= 0.6 is 0 Å². The Morgan fingerprint density at radius 2 is 1.82 bits per heavy atom. The summed E-state index contributed by atoms with van der Waals surface area (Å²) in [5.41, 5.74) is 2.44. The summed E-state index contributed by atoms with van der Waals surface area (Å²) < 4.78 is 11.2. The molecule has 2 rings (SSSR count). The molecular formula is C14H19NO2. The van der Waals surface area contributed by atoms with Gasteiger partial charge in [-0.2, -0.15) is 0 Å². The summed E-state index contributed by atoms with van der Waals surface area (Å²) in [4.78, 5) is 4.43. The lowest BCUT2D eigenvalue weighted by Gasteiger charge is -2.19. The largest absolute Gasteiger partial charge is 0.490 e. The van der Waals surface area contributed by atoms with Crippen LogP contribution in [0, 0.1) is 0 Å². The summed E-state index contributed by atoms with van der Waals surface area (Å²) in [6.07, 6.45) is 2.90. The van der Waals surface area contributed by atoms with E-state index in [9.17, 15) is 0 Å². The predicted molar refractivity (Wildman–Crippen MR) is 69.5 cm³/mol. The van der Waals surface area contributed by atoms with Crippen molar-refractivity contribution < 1.29 is 9.47 Å². The van der Waals surface area contributed by atoms with Crippen molar-refractivity contribution in [2.45, 2.75) is 33.2 Å². The first-order valence-corrected chi connectivity index (χ1v) is 6.20. The summed E-state index contributed by atoms with van der Waals surface area (Å²) in [6.45, 7) is 7.38. The van der Waals surface area contributed by atoms with Gasteiger partial charge in [-0.1, -0.05) is 0 Å². The van der Waals surface area contributed by atoms with Gasteiger partial charge in [0.15, 0.2) is 11.5 Å². The number of benzene rings is 1. The van der Waals surface area contributed by atoms with E-state index < -0.39 is 0 Å². The fourth-order valence-corrected chi connectivity index (χ4v) is 2.03. The first-order valence-electron chi connectivity index (χ1n) is 6.20. The smallest absolute Gasteiger partial charge is 0.161 e. The highest BCUT2D eigenvalue weighted by Crippen LogP contribution is 2.32. The zero-order chi connectivity index (χ0) is 12.3. The first kappa shape index (κ1) is 12.0. The molecule has 0 radical (unpaired) electrons. The Hall–Kier alpha value is -1.51. The molecule has 0 aromatic heterocycles. The summed E-state index contributed by atoms with van der Waals surface area (Å²) in [6, 6.07) is 4.47. The van der Waals surface area contributed by atoms with Crippen molar-refractivity contribution in [3.63, 3.8) is 0 Å². The fourth-order valence-electron chi connectivity index (χ4n) is 2.03. The van der Waals surface area contributed by atoms with Crippen molar-refractivity contribution in [1.82, 2.24) is 0 Å². The van der Waals surface area contributed by atoms with Gasteiger partial charge in [0, 0.05) is 6.21 Å². The molecule has 1 aliphatic heterocycles. The molecule has 17 heavy (non-hydrogen) atoms. The van der Waals surface area contributed by atoms with Crippen molar-refractivity contribution in [3.8, 4) is 11.5 Å². The van der Waals surface area contributed by atoms with E-state index in [2.05, 4.69) is 18.0 Å². The van der Waals surface area contributed by atoms with Crippen molar-refractivity contribution in [1.29, 1.82) is 0 Å². The molecule has 1 aromatic carbocycles. The number of aliphatic imine (C=N–C) groups is 1. The summed E-state index contributed by atoms with van der Waals surface area (Å²) in [5, 5.41) is 0. The molecule has 0 N–H and O–H groups in total. The molecule has 1 atom stereocenters. The van der Waals surface area contributed by atoms with Crippen LogP contribution in [0.25, 0.3) is 0 Å². The Balaban J connectivity index is 2.38. The number of hydrogen-bond donors (Lipinski definition) is 0. The van der Waals surface area contributed by atoms with Gasteiger partial charge in [0.2, 0.25) is 0 Å². The minimum absolute atomic E-state index is 0.356. The Bertz CT molecular complexity index is 426. The lowest BCUT2D eigenvalue weighted by molar-refractivity contribution is 0.287. The monoisotopic (exact) mass is 233 g/mol. The molecule has 3 nitrogen and oxygen atoms in total. The van der Waals surface area contributed by atoms with E-state index in [-0.39, 0.29) is 0 Å². The molecule has 0 saturated heterocycles. The molecule has 0 spiro atoms. The van der Waals surface area contributed by atoms with Crippen LogP contribution in [0.5, 0.6) is 11.5 Å². The Morgan fingerprint density at radius 3 is 2.47 bits per heavy atom. The van der Waals surface area contributed by atoms with Crippen LogP contribution in [-0.2, 0) is 6.42 Å². The molecule has 1 heterocycles. The number of hydrogen-bond acceptors (Lipinski definition) is 3. The number of fused-ring (bicyclic) bond motifs is 1. The highest BCUT2D eigenvalue weighted by molar-refractivity contribution is 5.84. The molecule has 0 bridgehead atoms. The number of ether oxygens (including phenoxy) is 2. The second-order valence-corrected chi connectivity index (χ2v) is 4.20. The van der Waals surface area contributed by atoms with Crippen molar-refractivity contribution in [3.05, 3.63) is 23.3 Å². The third-order valence-electron chi connectivity index (χ3n) is 2.79. The topological polar surface area (TPSA) is 30.8 Å². The molecule has 0 saturated carbocycles. The maximum atomic E-state index is 5.62. The van der Waals surface area contributed by atoms with E-state index >= 15 is 0 Å². The minimum atomic E-state index is 0.356. The standard InChI is InChI=1S/C14H19NO2/c1-4-16-13-7-11-6-10(3)15-9-12(11)8-14(13)17-5-2/h7-10H,4-6H2,1-3H3/t10-/m1/s1. The van der Waals surface area contributed by atoms with E-state index in [1.807, 2.05) is 26.1 Å². The van der Waals surface area contributed by atoms with Crippen molar-refractivity contribution in [2.24, 2.45) is 4.99 Å². The van der Waals surface area contributed by atoms with E-state index in [0.717, 1.165) is 23.5 Å². The van der Waals surface area contributed by atoms with Crippen LogP contribution in [0.1, 0.15) is 31.9 Å². The maximum Gasteiger partial charge on any atom is 0.161 e. The number of nitrogens with zero attached hydrogens (tertiary/aromatic N) is 1. The summed E-state index contributed by atoms with van der Waals surface area (Å²) >= 11 is 0. The number of rotatable bonds is 4. The second-order valence-electron chi connectivity index (χ2n) is 4.20. The van der Waals surface area contributed by atoms with Gasteiger partial charge in [-0.3, -0.25) is 4.99 Å². The SMILES string of the molecule is CCOc1cc2c(cc1OCC)C[C@@H](C)N=C2. The van der Waals surface area contributed by atoms with Crippen LogP contribution in [0.2, 0.25) is 0 Å². The molecule has 0 fully saturated rings. The van der Waals surface area contributed by atoms with Gasteiger partial charge in [-0.15, -0.1) is 0 Å². The highest BCUT2D eigenvalue weighted by atomic mass is 16.5. The van der Waals surface area contributed by atoms with Crippen LogP contribution in [0.4, 0.5) is 0 Å². The lowest BCUT2D eigenvalue weighted by atomic mass is 9.98. The van der Waals surface area contributed by atoms with E-state index in [1.165, 1.54) is 5.56 Å². The third-order valence-corrected chi connectivity index (χ3v) is 2.79. The average molecular weight is 233 g/mol. The Labute approximate surface area is 102 Å². The third kappa shape index (κ3) is 2.60. The van der Waals surface area contributed by atoms with Gasteiger partial charge in [-0.25, -0.2) is 0 Å². The van der Waals surface area contributed by atoms with Crippen LogP contribution in [-0.4, -0.2) is 25.5 Å². The zero-order valence-electron chi connectivity index (χ0n) is 10.7. The molecule has 0 amide bonds. The van der Waals surface area contributed by atoms with Crippen molar-refractivity contribution >= 4 is 6.21 Å². The minimum Gasteiger partial charge on any atom is -0.490 e. The fraction of sp³-hybridized carbons (Fsp3) is 0.500. The Morgan fingerprint density at radius 1 is 1.18 bits per heavy atom. The predicted octanol–water partition coefficient (Wildman–Crippen LogP) is 2.85. The van der Waals surface area contributed by atoms with Crippen molar-refractivity contribution in [2.75, 3.05) is 13.2 Å². The van der Waals surface area contributed by atoms with Gasteiger partial charge in [0.05, 0.1) is 19.3 Å². The summed E-state index contributed by atoms with van der Waals surface area (Å²) in [5.74, 6) is 1.66. The van der Waals surface area contributed by atoms with Gasteiger partial charge < -0.3 is 9.47 Å². The maximum absolute atomic E-state index is 5.62. The molecular weight excluding hydrogens is 214 g/mol. The van der Waals surface area contributed by atoms with Gasteiger partial charge in [0.1, 0.15) is 0 Å². The molecule has 0 unspecified atom stereocenters. The van der Waals surface area contributed by atoms with Gasteiger partial charge in [-0.05, 0) is 50.5 Å². The highest BCUT2D eigenvalue weighted by Gasteiger charge is 2.15. The van der Waals surface area contributed by atoms with E-state index in [0.29, 0.717) is 19.3 Å².